The van der Waals surface area contributed by atoms with Crippen molar-refractivity contribution in [1.82, 2.24) is 24.1 Å². The lowest BCUT2D eigenvalue weighted by molar-refractivity contribution is 0.285. The number of para-hydroxylation sites is 1. The molecule has 0 aliphatic rings. The number of benzene rings is 1. The van der Waals surface area contributed by atoms with Gasteiger partial charge in [0.2, 0.25) is 0 Å². The van der Waals surface area contributed by atoms with Crippen LogP contribution in [-0.4, -0.2) is 24.1 Å². The molecule has 0 spiro atoms. The van der Waals surface area contributed by atoms with Gasteiger partial charge in [-0.3, -0.25) is 9.20 Å². The molecule has 156 valence electrons. The predicted octanol–water partition coefficient (Wildman–Crippen LogP) is 4.26. The smallest absolute Gasteiger partial charge is 0.258 e. The van der Waals surface area contributed by atoms with Crippen LogP contribution in [0, 0.1) is 5.92 Å². The Morgan fingerprint density at radius 1 is 1.20 bits per heavy atom. The highest BCUT2D eigenvalue weighted by atomic mass is 32.2. The molecule has 0 saturated carbocycles. The lowest BCUT2D eigenvalue weighted by Gasteiger charge is -2.12. The molecule has 0 bridgehead atoms. The first-order valence-corrected chi connectivity index (χ1v) is 11.6. The molecule has 0 saturated heterocycles. The van der Waals surface area contributed by atoms with Crippen LogP contribution in [0.2, 0.25) is 0 Å². The summed E-state index contributed by atoms with van der Waals surface area (Å²) in [5, 5.41) is 11.4. The molecule has 3 heterocycles. The van der Waals surface area contributed by atoms with Crippen LogP contribution >= 0.6 is 23.1 Å². The second-order valence-electron chi connectivity index (χ2n) is 7.26. The SMILES string of the molecule is CC(C)CCn1c(COc2ccccc2)nnc1SCc1cc(=O)n2ccsc2n1. The molecule has 0 aliphatic carbocycles. The van der Waals surface area contributed by atoms with Crippen molar-refractivity contribution in [3.8, 4) is 5.75 Å². The Bertz CT molecular complexity index is 1170. The van der Waals surface area contributed by atoms with Crippen LogP contribution in [0.15, 0.2) is 57.9 Å². The number of rotatable bonds is 9. The Labute approximate surface area is 182 Å². The molecular formula is C21H23N5O2S2. The molecule has 9 heteroatoms. The topological polar surface area (TPSA) is 74.3 Å². The number of hydrogen-bond acceptors (Lipinski definition) is 7. The van der Waals surface area contributed by atoms with E-state index in [0.29, 0.717) is 23.2 Å². The molecule has 0 radical (unpaired) electrons. The molecular weight excluding hydrogens is 418 g/mol. The van der Waals surface area contributed by atoms with E-state index in [1.807, 2.05) is 35.7 Å². The Morgan fingerprint density at radius 3 is 2.83 bits per heavy atom. The van der Waals surface area contributed by atoms with E-state index >= 15 is 0 Å². The van der Waals surface area contributed by atoms with E-state index in [1.165, 1.54) is 11.3 Å². The second kappa shape index (κ2) is 9.44. The standard InChI is InChI=1S/C21H23N5O2S2/c1-15(2)8-9-25-18(13-28-17-6-4-3-5-7-17)23-24-21(25)30-14-16-12-19(27)26-10-11-29-20(26)22-16/h3-7,10-12,15H,8-9,13-14H2,1-2H3. The van der Waals surface area contributed by atoms with Crippen LogP contribution in [-0.2, 0) is 18.9 Å². The van der Waals surface area contributed by atoms with Gasteiger partial charge in [0.1, 0.15) is 12.4 Å². The number of hydrogen-bond donors (Lipinski definition) is 0. The van der Waals surface area contributed by atoms with Crippen LogP contribution < -0.4 is 10.3 Å². The minimum Gasteiger partial charge on any atom is -0.486 e. The Hall–Kier alpha value is -2.65. The highest BCUT2D eigenvalue weighted by Crippen LogP contribution is 2.23. The molecule has 0 atom stereocenters. The van der Waals surface area contributed by atoms with Crippen LogP contribution in [0.1, 0.15) is 31.8 Å². The van der Waals surface area contributed by atoms with E-state index in [4.69, 9.17) is 4.74 Å². The number of ether oxygens (including phenoxy) is 1. The third-order valence-corrected chi connectivity index (χ3v) is 6.30. The summed E-state index contributed by atoms with van der Waals surface area (Å²) in [6.07, 6.45) is 2.76. The van der Waals surface area contributed by atoms with Gasteiger partial charge in [0.25, 0.3) is 5.56 Å². The molecule has 0 fully saturated rings. The summed E-state index contributed by atoms with van der Waals surface area (Å²) in [6.45, 7) is 5.58. The maximum atomic E-state index is 12.2. The summed E-state index contributed by atoms with van der Waals surface area (Å²) in [6, 6.07) is 11.3. The van der Waals surface area contributed by atoms with Gasteiger partial charge in [-0.05, 0) is 24.5 Å². The zero-order valence-corrected chi connectivity index (χ0v) is 18.5. The summed E-state index contributed by atoms with van der Waals surface area (Å²) < 4.78 is 9.56. The Balaban J connectivity index is 1.50. The van der Waals surface area contributed by atoms with Gasteiger partial charge in [-0.1, -0.05) is 43.8 Å². The van der Waals surface area contributed by atoms with Crippen LogP contribution in [0.5, 0.6) is 5.75 Å². The van der Waals surface area contributed by atoms with E-state index in [1.54, 1.807) is 28.4 Å². The van der Waals surface area contributed by atoms with E-state index in [0.717, 1.165) is 35.4 Å². The van der Waals surface area contributed by atoms with Crippen molar-refractivity contribution in [3.05, 3.63) is 69.8 Å². The number of nitrogens with zero attached hydrogens (tertiary/aromatic N) is 5. The largest absolute Gasteiger partial charge is 0.486 e. The predicted molar refractivity (Wildman–Crippen MR) is 119 cm³/mol. The lowest BCUT2D eigenvalue weighted by Crippen LogP contribution is -2.13. The van der Waals surface area contributed by atoms with Gasteiger partial charge in [-0.25, -0.2) is 4.98 Å². The summed E-state index contributed by atoms with van der Waals surface area (Å²) in [4.78, 5) is 17.5. The molecule has 7 nitrogen and oxygen atoms in total. The first-order valence-electron chi connectivity index (χ1n) is 9.78. The fraction of sp³-hybridized carbons (Fsp3) is 0.333. The van der Waals surface area contributed by atoms with Crippen molar-refractivity contribution in [2.75, 3.05) is 0 Å². The number of thiazole rings is 1. The van der Waals surface area contributed by atoms with Crippen LogP contribution in [0.3, 0.4) is 0 Å². The maximum Gasteiger partial charge on any atom is 0.258 e. The highest BCUT2D eigenvalue weighted by Gasteiger charge is 2.15. The van der Waals surface area contributed by atoms with Gasteiger partial charge >= 0.3 is 0 Å². The second-order valence-corrected chi connectivity index (χ2v) is 9.08. The summed E-state index contributed by atoms with van der Waals surface area (Å²) in [5.41, 5.74) is 0.683. The number of aromatic nitrogens is 5. The number of thioether (sulfide) groups is 1. The zero-order chi connectivity index (χ0) is 20.9. The normalized spacial score (nSPS) is 11.4. The molecule has 3 aromatic heterocycles. The fourth-order valence-corrected chi connectivity index (χ4v) is 4.52. The summed E-state index contributed by atoms with van der Waals surface area (Å²) in [7, 11) is 0. The van der Waals surface area contributed by atoms with E-state index in [9.17, 15) is 4.79 Å². The molecule has 4 aromatic rings. The summed E-state index contributed by atoms with van der Waals surface area (Å²) >= 11 is 3.00. The zero-order valence-electron chi connectivity index (χ0n) is 16.9. The number of fused-ring (bicyclic) bond motifs is 1. The molecule has 0 unspecified atom stereocenters. The van der Waals surface area contributed by atoms with Gasteiger partial charge in [0.05, 0.1) is 5.69 Å². The quantitative estimate of drug-likeness (QED) is 0.361. The maximum absolute atomic E-state index is 12.2. The molecule has 0 aliphatic heterocycles. The highest BCUT2D eigenvalue weighted by molar-refractivity contribution is 7.98. The van der Waals surface area contributed by atoms with Gasteiger partial charge in [-0.2, -0.15) is 0 Å². The molecule has 30 heavy (non-hydrogen) atoms. The molecule has 0 amide bonds. The first-order chi connectivity index (χ1) is 14.6. The average molecular weight is 442 g/mol. The Morgan fingerprint density at radius 2 is 2.03 bits per heavy atom. The van der Waals surface area contributed by atoms with Crippen molar-refractivity contribution < 1.29 is 4.74 Å². The van der Waals surface area contributed by atoms with Gasteiger partial charge in [0, 0.05) is 29.9 Å². The molecule has 4 rings (SSSR count). The Kier molecular flexibility index (Phi) is 6.49. The van der Waals surface area contributed by atoms with Crippen LogP contribution in [0.25, 0.3) is 4.96 Å². The van der Waals surface area contributed by atoms with Crippen LogP contribution in [0.4, 0.5) is 0 Å². The summed E-state index contributed by atoms with van der Waals surface area (Å²) in [5.74, 6) is 2.72. The lowest BCUT2D eigenvalue weighted by atomic mass is 10.1. The molecule has 1 aromatic carbocycles. The van der Waals surface area contributed by atoms with E-state index in [2.05, 4.69) is 33.6 Å². The first kappa shape index (κ1) is 20.6. The fourth-order valence-electron chi connectivity index (χ4n) is 2.91. The molecule has 0 N–H and O–H groups in total. The van der Waals surface area contributed by atoms with Crippen molar-refractivity contribution in [1.29, 1.82) is 0 Å². The van der Waals surface area contributed by atoms with E-state index < -0.39 is 0 Å². The van der Waals surface area contributed by atoms with E-state index in [-0.39, 0.29) is 5.56 Å². The minimum atomic E-state index is -0.0601. The minimum absolute atomic E-state index is 0.0601. The van der Waals surface area contributed by atoms with Gasteiger partial charge in [0.15, 0.2) is 15.9 Å². The third kappa shape index (κ3) is 4.91. The van der Waals surface area contributed by atoms with Gasteiger partial charge in [-0.15, -0.1) is 21.5 Å². The third-order valence-electron chi connectivity index (χ3n) is 4.54. The monoisotopic (exact) mass is 441 g/mol. The van der Waals surface area contributed by atoms with Crippen molar-refractivity contribution >= 4 is 28.1 Å². The van der Waals surface area contributed by atoms with Crippen molar-refractivity contribution in [2.24, 2.45) is 5.92 Å². The van der Waals surface area contributed by atoms with Crippen molar-refractivity contribution in [2.45, 2.75) is 44.3 Å². The average Bonchev–Trinajstić information content (AvgIpc) is 3.37. The van der Waals surface area contributed by atoms with Gasteiger partial charge < -0.3 is 9.30 Å². The van der Waals surface area contributed by atoms with Crippen molar-refractivity contribution in [3.63, 3.8) is 0 Å².